The molecule has 2 aliphatic rings. The van der Waals surface area contributed by atoms with Crippen LogP contribution in [0.5, 0.6) is 0 Å². The van der Waals surface area contributed by atoms with Crippen LogP contribution in [0, 0.1) is 18.8 Å². The fourth-order valence-electron chi connectivity index (χ4n) is 4.50. The molecule has 0 aliphatic heterocycles. The number of anilines is 1. The second-order valence-electron chi connectivity index (χ2n) is 7.59. The van der Waals surface area contributed by atoms with Crippen LogP contribution in [0.3, 0.4) is 0 Å². The largest absolute Gasteiger partial charge is 0.305 e. The highest BCUT2D eigenvalue weighted by Crippen LogP contribution is 2.51. The Balaban J connectivity index is 1.57. The summed E-state index contributed by atoms with van der Waals surface area (Å²) in [7, 11) is 0. The molecule has 2 aromatic heterocycles. The summed E-state index contributed by atoms with van der Waals surface area (Å²) in [6.07, 6.45) is 5.79. The number of aryl methyl sites for hydroxylation is 2. The van der Waals surface area contributed by atoms with Gasteiger partial charge in [0.25, 0.3) is 11.5 Å². The number of amides is 1. The van der Waals surface area contributed by atoms with Crippen molar-refractivity contribution in [2.45, 2.75) is 58.5 Å². The lowest BCUT2D eigenvalue weighted by atomic mass is 9.95. The van der Waals surface area contributed by atoms with Crippen LogP contribution in [-0.2, 0) is 6.54 Å². The minimum absolute atomic E-state index is 0.189. The SMILES string of the molecule is CCCn1nc(C(=O)Nc2cc(C)nn2[C@H]2C[C@H]3CC[C@H]2C3)ccc1=O. The quantitative estimate of drug-likeness (QED) is 0.894. The van der Waals surface area contributed by atoms with E-state index in [4.69, 9.17) is 0 Å². The molecule has 7 nitrogen and oxygen atoms in total. The molecule has 2 bridgehead atoms. The standard InChI is InChI=1S/C19H25N5O2/c1-3-8-23-18(25)7-6-15(22-23)19(26)20-17-9-12(2)21-24(17)16-11-13-4-5-14(16)10-13/h6-7,9,13-14,16H,3-5,8,10-11H2,1-2H3,(H,20,26)/t13-,14-,16-/m0/s1. The molecular formula is C19H25N5O2. The molecule has 0 saturated heterocycles. The Morgan fingerprint density at radius 2 is 2.12 bits per heavy atom. The number of rotatable bonds is 5. The molecule has 3 atom stereocenters. The molecule has 4 rings (SSSR count). The van der Waals surface area contributed by atoms with Crippen molar-refractivity contribution >= 4 is 11.7 Å². The maximum absolute atomic E-state index is 12.7. The van der Waals surface area contributed by atoms with Crippen molar-refractivity contribution in [3.8, 4) is 0 Å². The Bertz CT molecular complexity index is 884. The van der Waals surface area contributed by atoms with Gasteiger partial charge in [-0.3, -0.25) is 9.59 Å². The van der Waals surface area contributed by atoms with Crippen LogP contribution >= 0.6 is 0 Å². The Kier molecular flexibility index (Phi) is 4.38. The van der Waals surface area contributed by atoms with Gasteiger partial charge in [0, 0.05) is 18.7 Å². The first-order valence-corrected chi connectivity index (χ1v) is 9.51. The van der Waals surface area contributed by atoms with Gasteiger partial charge in [0.05, 0.1) is 11.7 Å². The zero-order valence-electron chi connectivity index (χ0n) is 15.3. The van der Waals surface area contributed by atoms with Crippen LogP contribution in [-0.4, -0.2) is 25.5 Å². The first kappa shape index (κ1) is 17.0. The summed E-state index contributed by atoms with van der Waals surface area (Å²) in [4.78, 5) is 24.5. The third kappa shape index (κ3) is 3.06. The van der Waals surface area contributed by atoms with Crippen LogP contribution in [0.4, 0.5) is 5.82 Å². The minimum atomic E-state index is -0.306. The molecule has 2 heterocycles. The van der Waals surface area contributed by atoms with E-state index in [9.17, 15) is 9.59 Å². The van der Waals surface area contributed by atoms with E-state index in [0.717, 1.165) is 30.3 Å². The number of fused-ring (bicyclic) bond motifs is 2. The lowest BCUT2D eigenvalue weighted by Crippen LogP contribution is -2.27. The predicted molar refractivity (Wildman–Crippen MR) is 98.2 cm³/mol. The Morgan fingerprint density at radius 3 is 2.81 bits per heavy atom. The molecule has 2 fully saturated rings. The average Bonchev–Trinajstić information content (AvgIpc) is 3.32. The van der Waals surface area contributed by atoms with Crippen molar-refractivity contribution in [2.24, 2.45) is 11.8 Å². The van der Waals surface area contributed by atoms with Crippen molar-refractivity contribution in [3.63, 3.8) is 0 Å². The fourth-order valence-corrected chi connectivity index (χ4v) is 4.50. The molecule has 1 N–H and O–H groups in total. The van der Waals surface area contributed by atoms with Gasteiger partial charge in [-0.2, -0.15) is 10.2 Å². The van der Waals surface area contributed by atoms with E-state index in [0.29, 0.717) is 18.5 Å². The predicted octanol–water partition coefficient (Wildman–Crippen LogP) is 2.77. The topological polar surface area (TPSA) is 81.8 Å². The van der Waals surface area contributed by atoms with Crippen LogP contribution in [0.25, 0.3) is 0 Å². The number of nitrogens with one attached hydrogen (secondary N) is 1. The minimum Gasteiger partial charge on any atom is -0.305 e. The van der Waals surface area contributed by atoms with Gasteiger partial charge in [0.15, 0.2) is 0 Å². The van der Waals surface area contributed by atoms with Gasteiger partial charge in [-0.25, -0.2) is 9.36 Å². The van der Waals surface area contributed by atoms with Crippen molar-refractivity contribution in [1.82, 2.24) is 19.6 Å². The van der Waals surface area contributed by atoms with Gasteiger partial charge >= 0.3 is 0 Å². The van der Waals surface area contributed by atoms with Crippen LogP contribution in [0.15, 0.2) is 23.0 Å². The summed E-state index contributed by atoms with van der Waals surface area (Å²) in [5.74, 6) is 1.89. The lowest BCUT2D eigenvalue weighted by Gasteiger charge is -2.24. The maximum Gasteiger partial charge on any atom is 0.277 e. The first-order valence-electron chi connectivity index (χ1n) is 9.51. The zero-order valence-corrected chi connectivity index (χ0v) is 15.3. The number of hydrogen-bond donors (Lipinski definition) is 1. The van der Waals surface area contributed by atoms with Crippen molar-refractivity contribution in [1.29, 1.82) is 0 Å². The third-order valence-electron chi connectivity index (χ3n) is 5.65. The molecule has 0 radical (unpaired) electrons. The Labute approximate surface area is 152 Å². The Morgan fingerprint density at radius 1 is 1.27 bits per heavy atom. The average molecular weight is 355 g/mol. The highest BCUT2D eigenvalue weighted by Gasteiger charge is 2.41. The molecule has 0 unspecified atom stereocenters. The molecule has 2 saturated carbocycles. The van der Waals surface area contributed by atoms with E-state index in [1.807, 2.05) is 24.6 Å². The molecular weight excluding hydrogens is 330 g/mol. The van der Waals surface area contributed by atoms with Crippen LogP contribution in [0.1, 0.15) is 61.3 Å². The van der Waals surface area contributed by atoms with E-state index in [1.54, 1.807) is 0 Å². The summed E-state index contributed by atoms with van der Waals surface area (Å²) >= 11 is 0. The molecule has 26 heavy (non-hydrogen) atoms. The summed E-state index contributed by atoms with van der Waals surface area (Å²) < 4.78 is 3.34. The summed E-state index contributed by atoms with van der Waals surface area (Å²) in [6, 6.07) is 5.16. The van der Waals surface area contributed by atoms with E-state index >= 15 is 0 Å². The lowest BCUT2D eigenvalue weighted by molar-refractivity contribution is 0.101. The third-order valence-corrected chi connectivity index (χ3v) is 5.65. The van der Waals surface area contributed by atoms with Gasteiger partial charge in [-0.15, -0.1) is 0 Å². The Hall–Kier alpha value is -2.44. The number of carbonyl (C=O) groups is 1. The molecule has 2 aliphatic carbocycles. The van der Waals surface area contributed by atoms with E-state index in [1.165, 1.54) is 36.1 Å². The molecule has 0 spiro atoms. The normalized spacial score (nSPS) is 24.2. The summed E-state index contributed by atoms with van der Waals surface area (Å²) in [5, 5.41) is 11.8. The smallest absolute Gasteiger partial charge is 0.277 e. The van der Waals surface area contributed by atoms with Gasteiger partial charge < -0.3 is 5.32 Å². The number of nitrogens with zero attached hydrogens (tertiary/aromatic N) is 4. The van der Waals surface area contributed by atoms with E-state index in [2.05, 4.69) is 15.5 Å². The maximum atomic E-state index is 12.7. The number of aromatic nitrogens is 4. The first-order chi connectivity index (χ1) is 12.5. The fraction of sp³-hybridized carbons (Fsp3) is 0.579. The van der Waals surface area contributed by atoms with Gasteiger partial charge in [0.2, 0.25) is 0 Å². The van der Waals surface area contributed by atoms with Crippen molar-refractivity contribution < 1.29 is 4.79 Å². The van der Waals surface area contributed by atoms with Crippen molar-refractivity contribution in [2.75, 3.05) is 5.32 Å². The monoisotopic (exact) mass is 355 g/mol. The zero-order chi connectivity index (χ0) is 18.3. The summed E-state index contributed by atoms with van der Waals surface area (Å²) in [5.41, 5.74) is 0.953. The number of hydrogen-bond acceptors (Lipinski definition) is 4. The molecule has 2 aromatic rings. The summed E-state index contributed by atoms with van der Waals surface area (Å²) in [6.45, 7) is 4.42. The van der Waals surface area contributed by atoms with E-state index in [-0.39, 0.29) is 17.2 Å². The highest BCUT2D eigenvalue weighted by molar-refractivity contribution is 6.02. The molecule has 138 valence electrons. The van der Waals surface area contributed by atoms with E-state index < -0.39 is 0 Å². The number of carbonyl (C=O) groups excluding carboxylic acids is 1. The van der Waals surface area contributed by atoms with Crippen molar-refractivity contribution in [3.05, 3.63) is 39.9 Å². The molecule has 0 aromatic carbocycles. The van der Waals surface area contributed by atoms with Gasteiger partial charge in [0.1, 0.15) is 11.5 Å². The van der Waals surface area contributed by atoms with Crippen LogP contribution in [0.2, 0.25) is 0 Å². The van der Waals surface area contributed by atoms with Crippen LogP contribution < -0.4 is 10.9 Å². The van der Waals surface area contributed by atoms with Gasteiger partial charge in [-0.05, 0) is 50.5 Å². The van der Waals surface area contributed by atoms with Gasteiger partial charge in [-0.1, -0.05) is 13.3 Å². The highest BCUT2D eigenvalue weighted by atomic mass is 16.2. The second-order valence-corrected chi connectivity index (χ2v) is 7.59. The molecule has 7 heteroatoms. The molecule has 1 amide bonds. The second kappa shape index (κ2) is 6.70.